The molecule has 0 saturated heterocycles. The average molecular weight is 299 g/mol. The van der Waals surface area contributed by atoms with Crippen LogP contribution in [0.3, 0.4) is 0 Å². The molecule has 0 bridgehead atoms. The Morgan fingerprint density at radius 2 is 2.43 bits per heavy atom. The maximum atomic E-state index is 11.4. The number of rotatable bonds is 4. The zero-order valence-electron chi connectivity index (χ0n) is 7.17. The molecule has 0 spiro atoms. The number of thiophene rings is 1. The largest absolute Gasteiger partial charge is 0.390 e. The summed E-state index contributed by atoms with van der Waals surface area (Å²) < 4.78 is 0.580. The van der Waals surface area contributed by atoms with E-state index in [1.807, 2.05) is 0 Å². The third-order valence-corrected chi connectivity index (χ3v) is 3.45. The monoisotopic (exact) mass is 297 g/mol. The van der Waals surface area contributed by atoms with Crippen LogP contribution in [0.1, 0.15) is 9.67 Å². The fourth-order valence-corrected chi connectivity index (χ4v) is 1.98. The van der Waals surface area contributed by atoms with Gasteiger partial charge in [-0.3, -0.25) is 4.79 Å². The smallest absolute Gasteiger partial charge is 0.261 e. The van der Waals surface area contributed by atoms with Crippen LogP contribution in [0.4, 0.5) is 0 Å². The number of alkyl halides is 1. The minimum atomic E-state index is -0.561. The van der Waals surface area contributed by atoms with Crippen LogP contribution in [0.15, 0.2) is 12.1 Å². The number of carbonyl (C=O) groups is 1. The minimum Gasteiger partial charge on any atom is -0.390 e. The molecule has 3 nitrogen and oxygen atoms in total. The fourth-order valence-electron chi connectivity index (χ4n) is 0.789. The van der Waals surface area contributed by atoms with Gasteiger partial charge in [0.1, 0.15) is 0 Å². The third-order valence-electron chi connectivity index (χ3n) is 1.47. The highest BCUT2D eigenvalue weighted by atomic mass is 79.9. The lowest BCUT2D eigenvalue weighted by Gasteiger charge is -2.07. The van der Waals surface area contributed by atoms with E-state index in [0.717, 1.165) is 0 Å². The van der Waals surface area contributed by atoms with Crippen molar-refractivity contribution in [2.45, 2.75) is 6.10 Å². The molecule has 14 heavy (non-hydrogen) atoms. The van der Waals surface area contributed by atoms with Gasteiger partial charge in [0.2, 0.25) is 0 Å². The first-order chi connectivity index (χ1) is 6.63. The summed E-state index contributed by atoms with van der Waals surface area (Å²) in [5.74, 6) is -0.207. The zero-order valence-corrected chi connectivity index (χ0v) is 10.3. The van der Waals surface area contributed by atoms with Crippen LogP contribution in [-0.4, -0.2) is 29.0 Å². The van der Waals surface area contributed by atoms with Crippen molar-refractivity contribution in [1.29, 1.82) is 0 Å². The molecule has 0 aliphatic carbocycles. The van der Waals surface area contributed by atoms with Crippen LogP contribution >= 0.6 is 38.9 Å². The Hall–Kier alpha value is -0.100. The van der Waals surface area contributed by atoms with E-state index in [0.29, 0.717) is 14.5 Å². The molecule has 6 heteroatoms. The molecule has 78 valence electrons. The van der Waals surface area contributed by atoms with Gasteiger partial charge >= 0.3 is 0 Å². The Labute approximate surface area is 99.2 Å². The highest BCUT2D eigenvalue weighted by molar-refractivity contribution is 9.09. The Morgan fingerprint density at radius 1 is 1.71 bits per heavy atom. The molecule has 1 atom stereocenters. The van der Waals surface area contributed by atoms with Crippen molar-refractivity contribution in [3.63, 3.8) is 0 Å². The molecule has 1 rings (SSSR count). The maximum Gasteiger partial charge on any atom is 0.261 e. The Balaban J connectivity index is 2.43. The summed E-state index contributed by atoms with van der Waals surface area (Å²) in [7, 11) is 0. The van der Waals surface area contributed by atoms with Gasteiger partial charge in [0.25, 0.3) is 5.91 Å². The number of aliphatic hydroxyl groups excluding tert-OH is 1. The van der Waals surface area contributed by atoms with Crippen molar-refractivity contribution < 1.29 is 9.90 Å². The predicted octanol–water partition coefficient (Wildman–Crippen LogP) is 1.89. The second-order valence-electron chi connectivity index (χ2n) is 2.62. The van der Waals surface area contributed by atoms with Gasteiger partial charge in [-0.05, 0) is 12.1 Å². The van der Waals surface area contributed by atoms with Crippen LogP contribution in [0.5, 0.6) is 0 Å². The summed E-state index contributed by atoms with van der Waals surface area (Å²) in [6.45, 7) is 0.236. The number of aliphatic hydroxyl groups is 1. The van der Waals surface area contributed by atoms with Crippen molar-refractivity contribution in [2.75, 3.05) is 11.9 Å². The second kappa shape index (κ2) is 5.70. The van der Waals surface area contributed by atoms with Crippen LogP contribution in [0.25, 0.3) is 0 Å². The summed E-state index contributed by atoms with van der Waals surface area (Å²) in [5, 5.41) is 12.2. The third kappa shape index (κ3) is 3.57. The lowest BCUT2D eigenvalue weighted by molar-refractivity contribution is 0.0930. The van der Waals surface area contributed by atoms with Crippen LogP contribution < -0.4 is 5.32 Å². The molecule has 1 aromatic rings. The molecular formula is C8H9BrClNO2S. The Bertz CT molecular complexity index is 318. The summed E-state index contributed by atoms with van der Waals surface area (Å²) >= 11 is 10.00. The number of halogens is 2. The van der Waals surface area contributed by atoms with Gasteiger partial charge in [0.05, 0.1) is 15.3 Å². The van der Waals surface area contributed by atoms with Gasteiger partial charge in [0.15, 0.2) is 0 Å². The molecule has 1 aromatic heterocycles. The summed E-state index contributed by atoms with van der Waals surface area (Å²) in [6, 6.07) is 3.32. The number of hydrogen-bond acceptors (Lipinski definition) is 3. The zero-order chi connectivity index (χ0) is 10.6. The van der Waals surface area contributed by atoms with Crippen molar-refractivity contribution in [3.8, 4) is 0 Å². The lowest BCUT2D eigenvalue weighted by Crippen LogP contribution is -2.32. The minimum absolute atomic E-state index is 0.207. The van der Waals surface area contributed by atoms with Gasteiger partial charge in [-0.15, -0.1) is 11.3 Å². The summed E-state index contributed by atoms with van der Waals surface area (Å²) in [4.78, 5) is 11.9. The quantitative estimate of drug-likeness (QED) is 0.834. The molecule has 2 N–H and O–H groups in total. The van der Waals surface area contributed by atoms with Crippen molar-refractivity contribution in [3.05, 3.63) is 21.3 Å². The van der Waals surface area contributed by atoms with E-state index in [2.05, 4.69) is 21.2 Å². The van der Waals surface area contributed by atoms with E-state index in [9.17, 15) is 9.90 Å². The van der Waals surface area contributed by atoms with Gasteiger partial charge in [-0.1, -0.05) is 27.5 Å². The van der Waals surface area contributed by atoms with E-state index in [1.54, 1.807) is 12.1 Å². The van der Waals surface area contributed by atoms with E-state index in [-0.39, 0.29) is 12.5 Å². The van der Waals surface area contributed by atoms with Crippen molar-refractivity contribution in [2.24, 2.45) is 0 Å². The predicted molar refractivity (Wildman–Crippen MR) is 61.5 cm³/mol. The molecule has 0 saturated carbocycles. The number of amides is 1. The van der Waals surface area contributed by atoms with Gasteiger partial charge in [-0.25, -0.2) is 0 Å². The van der Waals surface area contributed by atoms with E-state index >= 15 is 0 Å². The van der Waals surface area contributed by atoms with E-state index in [4.69, 9.17) is 11.6 Å². The molecule has 0 radical (unpaired) electrons. The number of carbonyl (C=O) groups excluding carboxylic acids is 1. The highest BCUT2D eigenvalue weighted by Crippen LogP contribution is 2.20. The first-order valence-electron chi connectivity index (χ1n) is 3.91. The molecule has 1 heterocycles. The molecule has 1 amide bonds. The topological polar surface area (TPSA) is 49.3 Å². The summed E-state index contributed by atoms with van der Waals surface area (Å²) in [5.41, 5.74) is 0. The SMILES string of the molecule is O=C(NCC(O)CBr)c1ccc(Cl)s1. The molecule has 0 fully saturated rings. The maximum absolute atomic E-state index is 11.4. The number of nitrogens with one attached hydrogen (secondary N) is 1. The van der Waals surface area contributed by atoms with Crippen molar-refractivity contribution >= 4 is 44.8 Å². The average Bonchev–Trinajstić information content (AvgIpc) is 2.60. The summed E-state index contributed by atoms with van der Waals surface area (Å²) in [6.07, 6.45) is -0.561. The molecular weight excluding hydrogens is 290 g/mol. The van der Waals surface area contributed by atoms with E-state index in [1.165, 1.54) is 11.3 Å². The van der Waals surface area contributed by atoms with Gasteiger partial charge in [0, 0.05) is 11.9 Å². The molecule has 0 aliphatic heterocycles. The normalized spacial score (nSPS) is 12.5. The standard InChI is InChI=1S/C8H9BrClNO2S/c9-3-5(12)4-11-8(13)6-1-2-7(10)14-6/h1-2,5,12H,3-4H2,(H,11,13). The van der Waals surface area contributed by atoms with Crippen LogP contribution in [-0.2, 0) is 0 Å². The van der Waals surface area contributed by atoms with Gasteiger partial charge < -0.3 is 10.4 Å². The fraction of sp³-hybridized carbons (Fsp3) is 0.375. The Morgan fingerprint density at radius 3 is 2.93 bits per heavy atom. The molecule has 1 unspecified atom stereocenters. The molecule has 0 aliphatic rings. The highest BCUT2D eigenvalue weighted by Gasteiger charge is 2.09. The van der Waals surface area contributed by atoms with Crippen LogP contribution in [0.2, 0.25) is 4.34 Å². The first-order valence-corrected chi connectivity index (χ1v) is 6.22. The van der Waals surface area contributed by atoms with E-state index < -0.39 is 6.10 Å². The second-order valence-corrected chi connectivity index (χ2v) is 4.98. The van der Waals surface area contributed by atoms with Crippen LogP contribution in [0, 0.1) is 0 Å². The lowest BCUT2D eigenvalue weighted by atomic mass is 10.4. The van der Waals surface area contributed by atoms with Crippen molar-refractivity contribution in [1.82, 2.24) is 5.32 Å². The molecule has 0 aromatic carbocycles. The Kier molecular flexibility index (Phi) is 4.88. The first kappa shape index (κ1) is 12.0. The van der Waals surface area contributed by atoms with Gasteiger partial charge in [-0.2, -0.15) is 0 Å². The number of hydrogen-bond donors (Lipinski definition) is 2.